The molecule has 0 aliphatic carbocycles. The summed E-state index contributed by atoms with van der Waals surface area (Å²) in [6, 6.07) is 0.526. The zero-order chi connectivity index (χ0) is 12.2. The van der Waals surface area contributed by atoms with E-state index in [9.17, 15) is 0 Å². The summed E-state index contributed by atoms with van der Waals surface area (Å²) in [5, 5.41) is 3.39. The molecule has 0 amide bonds. The molecule has 3 heteroatoms. The van der Waals surface area contributed by atoms with E-state index in [0.717, 1.165) is 32.6 Å². The molecular weight excluding hydrogens is 202 g/mol. The van der Waals surface area contributed by atoms with Crippen LogP contribution in [0.25, 0.3) is 0 Å². The van der Waals surface area contributed by atoms with Gasteiger partial charge in [-0.25, -0.2) is 0 Å². The summed E-state index contributed by atoms with van der Waals surface area (Å²) >= 11 is 0. The van der Waals surface area contributed by atoms with Crippen molar-refractivity contribution in [2.24, 2.45) is 0 Å². The highest BCUT2D eigenvalue weighted by atomic mass is 16.5. The second-order valence-electron chi connectivity index (χ2n) is 4.43. The van der Waals surface area contributed by atoms with Gasteiger partial charge in [0.05, 0.1) is 19.3 Å². The Morgan fingerprint density at radius 2 is 1.81 bits per heavy atom. The van der Waals surface area contributed by atoms with Gasteiger partial charge in [0, 0.05) is 19.2 Å². The number of hydrogen-bond donors (Lipinski definition) is 1. The smallest absolute Gasteiger partial charge is 0.0704 e. The van der Waals surface area contributed by atoms with Crippen molar-refractivity contribution in [3.63, 3.8) is 0 Å². The molecule has 0 aliphatic rings. The first-order valence-corrected chi connectivity index (χ1v) is 6.63. The SMILES string of the molecule is CCCCOCCOC(CC)CNC(C)C. The van der Waals surface area contributed by atoms with Gasteiger partial charge in [-0.15, -0.1) is 0 Å². The van der Waals surface area contributed by atoms with Crippen molar-refractivity contribution in [2.75, 3.05) is 26.4 Å². The fraction of sp³-hybridized carbons (Fsp3) is 1.00. The highest BCUT2D eigenvalue weighted by Crippen LogP contribution is 1.97. The Bertz CT molecular complexity index is 140. The van der Waals surface area contributed by atoms with Gasteiger partial charge in [-0.3, -0.25) is 0 Å². The van der Waals surface area contributed by atoms with Crippen molar-refractivity contribution in [1.82, 2.24) is 5.32 Å². The first kappa shape index (κ1) is 15.9. The molecule has 0 spiro atoms. The molecule has 1 N–H and O–H groups in total. The van der Waals surface area contributed by atoms with Gasteiger partial charge >= 0.3 is 0 Å². The Hall–Kier alpha value is -0.120. The van der Waals surface area contributed by atoms with E-state index >= 15 is 0 Å². The molecule has 1 unspecified atom stereocenters. The molecule has 0 aliphatic heterocycles. The number of unbranched alkanes of at least 4 members (excludes halogenated alkanes) is 1. The number of ether oxygens (including phenoxy) is 2. The Balaban J connectivity index is 3.33. The molecule has 0 heterocycles. The predicted molar refractivity (Wildman–Crippen MR) is 68.9 cm³/mol. The molecule has 0 fully saturated rings. The second kappa shape index (κ2) is 11.4. The van der Waals surface area contributed by atoms with Crippen molar-refractivity contribution < 1.29 is 9.47 Å². The summed E-state index contributed by atoms with van der Waals surface area (Å²) in [5.41, 5.74) is 0. The van der Waals surface area contributed by atoms with Crippen LogP contribution in [0.4, 0.5) is 0 Å². The van der Waals surface area contributed by atoms with Crippen LogP contribution in [0.2, 0.25) is 0 Å². The Morgan fingerprint density at radius 3 is 2.38 bits per heavy atom. The van der Waals surface area contributed by atoms with Crippen molar-refractivity contribution >= 4 is 0 Å². The minimum atomic E-state index is 0.317. The van der Waals surface area contributed by atoms with Gasteiger partial charge in [-0.2, -0.15) is 0 Å². The average Bonchev–Trinajstić information content (AvgIpc) is 2.27. The van der Waals surface area contributed by atoms with Crippen LogP contribution in [0.1, 0.15) is 47.0 Å². The fourth-order valence-corrected chi connectivity index (χ4v) is 1.31. The van der Waals surface area contributed by atoms with Crippen molar-refractivity contribution in [1.29, 1.82) is 0 Å². The van der Waals surface area contributed by atoms with E-state index in [1.165, 1.54) is 6.42 Å². The highest BCUT2D eigenvalue weighted by Gasteiger charge is 2.06. The molecule has 0 rings (SSSR count). The lowest BCUT2D eigenvalue weighted by Crippen LogP contribution is -2.33. The Labute approximate surface area is 101 Å². The van der Waals surface area contributed by atoms with Crippen molar-refractivity contribution in [2.45, 2.75) is 59.1 Å². The predicted octanol–water partition coefficient (Wildman–Crippen LogP) is 2.60. The largest absolute Gasteiger partial charge is 0.379 e. The normalized spacial score (nSPS) is 13.3. The third-order valence-corrected chi connectivity index (χ3v) is 2.43. The molecule has 98 valence electrons. The van der Waals surface area contributed by atoms with Gasteiger partial charge in [-0.1, -0.05) is 34.1 Å². The lowest BCUT2D eigenvalue weighted by molar-refractivity contribution is 0.00268. The topological polar surface area (TPSA) is 30.5 Å². The standard InChI is InChI=1S/C13H29NO2/c1-5-7-8-15-9-10-16-13(6-2)11-14-12(3)4/h12-14H,5-11H2,1-4H3. The van der Waals surface area contributed by atoms with Gasteiger partial charge in [0.1, 0.15) is 0 Å². The van der Waals surface area contributed by atoms with Crippen LogP contribution in [-0.2, 0) is 9.47 Å². The van der Waals surface area contributed by atoms with Crippen molar-refractivity contribution in [3.05, 3.63) is 0 Å². The van der Waals surface area contributed by atoms with E-state index in [1.54, 1.807) is 0 Å². The van der Waals surface area contributed by atoms with Crippen LogP contribution in [0.3, 0.4) is 0 Å². The summed E-state index contributed by atoms with van der Waals surface area (Å²) in [6.45, 7) is 11.9. The van der Waals surface area contributed by atoms with E-state index < -0.39 is 0 Å². The summed E-state index contributed by atoms with van der Waals surface area (Å²) in [4.78, 5) is 0. The molecule has 0 aromatic carbocycles. The van der Waals surface area contributed by atoms with Crippen LogP contribution in [0.15, 0.2) is 0 Å². The Kier molecular flexibility index (Phi) is 11.3. The maximum Gasteiger partial charge on any atom is 0.0704 e. The van der Waals surface area contributed by atoms with Gasteiger partial charge < -0.3 is 14.8 Å². The molecule has 0 radical (unpaired) electrons. The molecule has 0 aromatic rings. The molecule has 16 heavy (non-hydrogen) atoms. The van der Waals surface area contributed by atoms with E-state index in [2.05, 4.69) is 33.0 Å². The summed E-state index contributed by atoms with van der Waals surface area (Å²) in [5.74, 6) is 0. The van der Waals surface area contributed by atoms with E-state index in [4.69, 9.17) is 9.47 Å². The number of nitrogens with one attached hydrogen (secondary N) is 1. The fourth-order valence-electron chi connectivity index (χ4n) is 1.31. The van der Waals surface area contributed by atoms with Gasteiger partial charge in [0.2, 0.25) is 0 Å². The molecular formula is C13H29NO2. The highest BCUT2D eigenvalue weighted by molar-refractivity contribution is 4.62. The Morgan fingerprint density at radius 1 is 1.06 bits per heavy atom. The average molecular weight is 231 g/mol. The summed E-state index contributed by atoms with van der Waals surface area (Å²) < 4.78 is 11.2. The van der Waals surface area contributed by atoms with E-state index in [0.29, 0.717) is 18.8 Å². The molecule has 0 saturated carbocycles. The van der Waals surface area contributed by atoms with Crippen LogP contribution >= 0.6 is 0 Å². The number of hydrogen-bond acceptors (Lipinski definition) is 3. The zero-order valence-electron chi connectivity index (χ0n) is 11.4. The maximum atomic E-state index is 5.73. The molecule has 3 nitrogen and oxygen atoms in total. The molecule has 1 atom stereocenters. The van der Waals surface area contributed by atoms with Crippen LogP contribution < -0.4 is 5.32 Å². The maximum absolute atomic E-state index is 5.73. The molecule has 0 saturated heterocycles. The number of rotatable bonds is 11. The van der Waals surface area contributed by atoms with Crippen molar-refractivity contribution in [3.8, 4) is 0 Å². The van der Waals surface area contributed by atoms with Crippen LogP contribution in [0.5, 0.6) is 0 Å². The molecule has 0 aromatic heterocycles. The summed E-state index contributed by atoms with van der Waals surface area (Å²) in [6.07, 6.45) is 3.70. The first-order valence-electron chi connectivity index (χ1n) is 6.63. The monoisotopic (exact) mass is 231 g/mol. The quantitative estimate of drug-likeness (QED) is 0.554. The third kappa shape index (κ3) is 10.4. The second-order valence-corrected chi connectivity index (χ2v) is 4.43. The lowest BCUT2D eigenvalue weighted by atomic mass is 10.2. The van der Waals surface area contributed by atoms with Crippen LogP contribution in [-0.4, -0.2) is 38.5 Å². The van der Waals surface area contributed by atoms with E-state index in [-0.39, 0.29) is 0 Å². The third-order valence-electron chi connectivity index (χ3n) is 2.43. The van der Waals surface area contributed by atoms with Gasteiger partial charge in [-0.05, 0) is 12.8 Å². The molecule has 0 bridgehead atoms. The minimum Gasteiger partial charge on any atom is -0.379 e. The summed E-state index contributed by atoms with van der Waals surface area (Å²) in [7, 11) is 0. The van der Waals surface area contributed by atoms with Gasteiger partial charge in [0.15, 0.2) is 0 Å². The first-order chi connectivity index (χ1) is 7.70. The van der Waals surface area contributed by atoms with Gasteiger partial charge in [0.25, 0.3) is 0 Å². The van der Waals surface area contributed by atoms with Crippen LogP contribution in [0, 0.1) is 0 Å². The minimum absolute atomic E-state index is 0.317. The van der Waals surface area contributed by atoms with E-state index in [1.807, 2.05) is 0 Å². The lowest BCUT2D eigenvalue weighted by Gasteiger charge is -2.18. The zero-order valence-corrected chi connectivity index (χ0v) is 11.4.